The molecule has 3 saturated heterocycles. The summed E-state index contributed by atoms with van der Waals surface area (Å²) in [7, 11) is 4.32. The van der Waals surface area contributed by atoms with Gasteiger partial charge >= 0.3 is 5.63 Å². The van der Waals surface area contributed by atoms with Gasteiger partial charge in [0.05, 0.1) is 11.7 Å². The second-order valence-electron chi connectivity index (χ2n) is 9.49. The van der Waals surface area contributed by atoms with Crippen LogP contribution in [0.2, 0.25) is 0 Å². The van der Waals surface area contributed by atoms with Gasteiger partial charge in [-0.25, -0.2) is 4.79 Å². The number of ether oxygens (including phenoxy) is 1. The standard InChI is InChI=1S/C23H30N2O3/c1-14-7-17-16(9-22(26)27-21(17)8-15(14)2)10-25-12-19-18(11-24(3)4)20-5-6-23(19,13-25)28-20/h7-9,18-20H,5-6,10-13H2,1-4H3/t18-,19+,20+,23+/m1/s1. The molecule has 4 atom stereocenters. The van der Waals surface area contributed by atoms with E-state index < -0.39 is 0 Å². The van der Waals surface area contributed by atoms with Crippen molar-refractivity contribution in [2.75, 3.05) is 33.7 Å². The third-order valence-electron chi connectivity index (χ3n) is 7.27. The monoisotopic (exact) mass is 382 g/mol. The van der Waals surface area contributed by atoms with Crippen molar-refractivity contribution in [2.24, 2.45) is 11.8 Å². The molecule has 0 unspecified atom stereocenters. The average Bonchev–Trinajstić information content (AvgIpc) is 3.25. The highest BCUT2D eigenvalue weighted by molar-refractivity contribution is 5.81. The van der Waals surface area contributed by atoms with Crippen molar-refractivity contribution in [1.82, 2.24) is 9.80 Å². The Bertz CT molecular complexity index is 982. The summed E-state index contributed by atoms with van der Waals surface area (Å²) in [5.74, 6) is 1.22. The van der Waals surface area contributed by atoms with Crippen molar-refractivity contribution >= 4 is 11.0 Å². The first kappa shape index (κ1) is 18.3. The van der Waals surface area contributed by atoms with Crippen molar-refractivity contribution in [3.8, 4) is 0 Å². The molecule has 28 heavy (non-hydrogen) atoms. The van der Waals surface area contributed by atoms with E-state index in [1.54, 1.807) is 6.07 Å². The minimum atomic E-state index is -0.258. The van der Waals surface area contributed by atoms with Crippen LogP contribution in [0.1, 0.15) is 29.5 Å². The molecule has 1 spiro atoms. The third kappa shape index (κ3) is 2.83. The van der Waals surface area contributed by atoms with Crippen LogP contribution >= 0.6 is 0 Å². The molecule has 5 rings (SSSR count). The van der Waals surface area contributed by atoms with Gasteiger partial charge in [0.1, 0.15) is 5.58 Å². The molecule has 0 amide bonds. The van der Waals surface area contributed by atoms with Crippen LogP contribution in [0.5, 0.6) is 0 Å². The van der Waals surface area contributed by atoms with Crippen molar-refractivity contribution < 1.29 is 9.15 Å². The molecule has 5 heteroatoms. The summed E-state index contributed by atoms with van der Waals surface area (Å²) in [6.45, 7) is 8.08. The Morgan fingerprint density at radius 2 is 2.00 bits per heavy atom. The number of aryl methyl sites for hydroxylation is 2. The number of hydrogen-bond donors (Lipinski definition) is 0. The molecule has 150 valence electrons. The van der Waals surface area contributed by atoms with Crippen LogP contribution in [0, 0.1) is 25.7 Å². The maximum Gasteiger partial charge on any atom is 0.336 e. The minimum Gasteiger partial charge on any atom is -0.423 e. The lowest BCUT2D eigenvalue weighted by Gasteiger charge is -2.31. The Kier molecular flexibility index (Phi) is 4.20. The van der Waals surface area contributed by atoms with Gasteiger partial charge in [-0.1, -0.05) is 0 Å². The van der Waals surface area contributed by atoms with Gasteiger partial charge in [-0.3, -0.25) is 4.90 Å². The Hall–Kier alpha value is -1.69. The second kappa shape index (κ2) is 6.41. The highest BCUT2D eigenvalue weighted by atomic mass is 16.5. The molecular formula is C23H30N2O3. The Labute approximate surface area is 166 Å². The summed E-state index contributed by atoms with van der Waals surface area (Å²) < 4.78 is 12.0. The van der Waals surface area contributed by atoms with Crippen LogP contribution in [-0.2, 0) is 11.3 Å². The minimum absolute atomic E-state index is 0.0348. The number of benzene rings is 1. The second-order valence-corrected chi connectivity index (χ2v) is 9.49. The zero-order valence-electron chi connectivity index (χ0n) is 17.3. The zero-order valence-corrected chi connectivity index (χ0v) is 17.3. The van der Waals surface area contributed by atoms with Crippen LogP contribution < -0.4 is 5.63 Å². The molecule has 2 aromatic rings. The van der Waals surface area contributed by atoms with E-state index in [1.807, 2.05) is 6.07 Å². The van der Waals surface area contributed by atoms with Crippen LogP contribution in [0.15, 0.2) is 27.4 Å². The van der Waals surface area contributed by atoms with Crippen LogP contribution in [-0.4, -0.2) is 55.2 Å². The molecule has 0 aliphatic carbocycles. The molecular weight excluding hydrogens is 352 g/mol. The molecule has 4 heterocycles. The summed E-state index contributed by atoms with van der Waals surface area (Å²) in [6.07, 6.45) is 2.81. The number of likely N-dealkylation sites (tertiary alicyclic amines) is 1. The number of fused-ring (bicyclic) bond motifs is 2. The predicted molar refractivity (Wildman–Crippen MR) is 110 cm³/mol. The highest BCUT2D eigenvalue weighted by Crippen LogP contribution is 2.55. The van der Waals surface area contributed by atoms with Gasteiger partial charge in [0.25, 0.3) is 0 Å². The first-order valence-electron chi connectivity index (χ1n) is 10.4. The fraction of sp³-hybridized carbons (Fsp3) is 0.609. The van der Waals surface area contributed by atoms with Crippen LogP contribution in [0.3, 0.4) is 0 Å². The van der Waals surface area contributed by atoms with Crippen LogP contribution in [0.4, 0.5) is 0 Å². The summed E-state index contributed by atoms with van der Waals surface area (Å²) in [4.78, 5) is 17.0. The first-order valence-corrected chi connectivity index (χ1v) is 10.4. The lowest BCUT2D eigenvalue weighted by Crippen LogP contribution is -2.40. The Morgan fingerprint density at radius 1 is 1.21 bits per heavy atom. The quantitative estimate of drug-likeness (QED) is 0.761. The van der Waals surface area contributed by atoms with E-state index in [4.69, 9.17) is 9.15 Å². The van der Waals surface area contributed by atoms with Gasteiger partial charge in [-0.2, -0.15) is 0 Å². The maximum atomic E-state index is 12.2. The van der Waals surface area contributed by atoms with E-state index in [1.165, 1.54) is 18.4 Å². The third-order valence-corrected chi connectivity index (χ3v) is 7.27. The molecule has 2 bridgehead atoms. The smallest absolute Gasteiger partial charge is 0.336 e. The number of hydrogen-bond acceptors (Lipinski definition) is 5. The molecule has 1 aromatic heterocycles. The van der Waals surface area contributed by atoms with Crippen molar-refractivity contribution in [2.45, 2.75) is 44.9 Å². The summed E-state index contributed by atoms with van der Waals surface area (Å²) >= 11 is 0. The molecule has 0 N–H and O–H groups in total. The molecule has 1 aromatic carbocycles. The molecule has 0 saturated carbocycles. The Morgan fingerprint density at radius 3 is 2.79 bits per heavy atom. The fourth-order valence-corrected chi connectivity index (χ4v) is 5.93. The maximum absolute atomic E-state index is 12.2. The van der Waals surface area contributed by atoms with Gasteiger partial charge < -0.3 is 14.1 Å². The molecule has 0 radical (unpaired) electrons. The zero-order chi connectivity index (χ0) is 19.6. The van der Waals surface area contributed by atoms with Crippen LogP contribution in [0.25, 0.3) is 11.0 Å². The van der Waals surface area contributed by atoms with E-state index in [9.17, 15) is 4.79 Å². The predicted octanol–water partition coefficient (Wildman–Crippen LogP) is 2.95. The molecule has 3 aliphatic rings. The van der Waals surface area contributed by atoms with Gasteiger partial charge in [-0.05, 0) is 69.6 Å². The lowest BCUT2D eigenvalue weighted by atomic mass is 9.73. The Balaban J connectivity index is 1.44. The van der Waals surface area contributed by atoms with Gasteiger partial charge in [0.2, 0.25) is 0 Å². The first-order chi connectivity index (χ1) is 13.3. The largest absolute Gasteiger partial charge is 0.423 e. The highest BCUT2D eigenvalue weighted by Gasteiger charge is 2.62. The van der Waals surface area contributed by atoms with E-state index in [0.29, 0.717) is 23.5 Å². The van der Waals surface area contributed by atoms with Crippen molar-refractivity contribution in [3.05, 3.63) is 45.3 Å². The topological polar surface area (TPSA) is 45.9 Å². The fourth-order valence-electron chi connectivity index (χ4n) is 5.93. The van der Waals surface area contributed by atoms with Gasteiger partial charge in [-0.15, -0.1) is 0 Å². The van der Waals surface area contributed by atoms with Gasteiger partial charge in [0.15, 0.2) is 0 Å². The molecule has 3 fully saturated rings. The van der Waals surface area contributed by atoms with Crippen molar-refractivity contribution in [3.63, 3.8) is 0 Å². The van der Waals surface area contributed by atoms with E-state index in [-0.39, 0.29) is 11.2 Å². The lowest BCUT2D eigenvalue weighted by molar-refractivity contribution is 0.00147. The van der Waals surface area contributed by atoms with Crippen molar-refractivity contribution in [1.29, 1.82) is 0 Å². The SMILES string of the molecule is Cc1cc2oc(=O)cc(CN3C[C@H]4[C@@H](CN(C)C)[C@@H]5CC[C@@]4(C3)O5)c2cc1C. The van der Waals surface area contributed by atoms with E-state index in [0.717, 1.165) is 42.7 Å². The number of nitrogens with zero attached hydrogens (tertiary/aromatic N) is 2. The summed E-state index contributed by atoms with van der Waals surface area (Å²) in [5, 5.41) is 1.06. The molecule has 5 nitrogen and oxygen atoms in total. The van der Waals surface area contributed by atoms with E-state index >= 15 is 0 Å². The van der Waals surface area contributed by atoms with E-state index in [2.05, 4.69) is 43.8 Å². The summed E-state index contributed by atoms with van der Waals surface area (Å²) in [6, 6.07) is 5.83. The number of rotatable bonds is 4. The molecule has 3 aliphatic heterocycles. The summed E-state index contributed by atoms with van der Waals surface area (Å²) in [5.41, 5.74) is 3.93. The van der Waals surface area contributed by atoms with Gasteiger partial charge in [0, 0.05) is 49.5 Å². The average molecular weight is 383 g/mol. The normalized spacial score (nSPS) is 32.0.